The molecule has 0 aliphatic carbocycles. The molecule has 0 fully saturated rings. The van der Waals surface area contributed by atoms with Crippen LogP contribution in [0.1, 0.15) is 24.5 Å². The van der Waals surface area contributed by atoms with E-state index in [4.69, 9.17) is 5.73 Å². The molecule has 5 heteroatoms. The molecule has 1 aromatic heterocycles. The minimum Gasteiger partial charge on any atom is -0.318 e. The molecule has 1 atom stereocenters. The van der Waals surface area contributed by atoms with Gasteiger partial charge in [0.2, 0.25) is 0 Å². The minimum atomic E-state index is -1.59. The van der Waals surface area contributed by atoms with Crippen LogP contribution in [0, 0.1) is 35.3 Å². The van der Waals surface area contributed by atoms with Crippen molar-refractivity contribution in [3.05, 3.63) is 69.6 Å². The van der Waals surface area contributed by atoms with Crippen LogP contribution >= 0.6 is 0 Å². The van der Waals surface area contributed by atoms with Crippen LogP contribution in [0.4, 0.5) is 8.78 Å². The van der Waals surface area contributed by atoms with Crippen molar-refractivity contribution in [1.82, 2.24) is 4.57 Å². The molecule has 0 saturated heterocycles. The molecule has 2 N–H and O–H groups in total. The molecule has 2 rings (SSSR count). The lowest BCUT2D eigenvalue weighted by Gasteiger charge is -2.28. The van der Waals surface area contributed by atoms with Crippen molar-refractivity contribution in [2.45, 2.75) is 18.9 Å². The van der Waals surface area contributed by atoms with Gasteiger partial charge in [-0.05, 0) is 49.1 Å². The number of hydrogen-bond donors (Lipinski definition) is 1. The molecular weight excluding hydrogens is 310 g/mol. The first-order chi connectivity index (χ1) is 11.4. The van der Waals surface area contributed by atoms with E-state index in [1.54, 1.807) is 26.2 Å². The van der Waals surface area contributed by atoms with Crippen LogP contribution in [0.5, 0.6) is 0 Å². The second-order valence-electron chi connectivity index (χ2n) is 5.29. The Hall–Kier alpha value is -2.89. The van der Waals surface area contributed by atoms with E-state index < -0.39 is 22.7 Å². The van der Waals surface area contributed by atoms with Crippen molar-refractivity contribution in [2.75, 3.05) is 0 Å². The number of nitrogens with zero attached hydrogens (tertiary/aromatic N) is 1. The summed E-state index contributed by atoms with van der Waals surface area (Å²) in [5.74, 6) is 9.14. The van der Waals surface area contributed by atoms with Crippen molar-refractivity contribution in [2.24, 2.45) is 12.8 Å². The fourth-order valence-electron chi connectivity index (χ4n) is 2.40. The second kappa shape index (κ2) is 7.12. The molecule has 0 radical (unpaired) electrons. The predicted molar refractivity (Wildman–Crippen MR) is 88.9 cm³/mol. The van der Waals surface area contributed by atoms with Gasteiger partial charge in [-0.15, -0.1) is 0 Å². The fourth-order valence-corrected chi connectivity index (χ4v) is 2.40. The molecule has 1 aromatic carbocycles. The highest BCUT2D eigenvalue weighted by Gasteiger charge is 2.34. The smallest absolute Gasteiger partial charge is 0.255 e. The molecular formula is C19H16F2N2O. The molecule has 1 heterocycles. The number of hydrogen-bond acceptors (Lipinski definition) is 2. The summed E-state index contributed by atoms with van der Waals surface area (Å²) >= 11 is 0. The number of benzene rings is 1. The molecule has 0 aliphatic rings. The van der Waals surface area contributed by atoms with E-state index in [9.17, 15) is 13.6 Å². The summed E-state index contributed by atoms with van der Waals surface area (Å²) in [6, 6.07) is 6.10. The highest BCUT2D eigenvalue weighted by Crippen LogP contribution is 2.30. The third-order valence-electron chi connectivity index (χ3n) is 3.66. The van der Waals surface area contributed by atoms with E-state index in [-0.39, 0.29) is 17.5 Å². The van der Waals surface area contributed by atoms with Gasteiger partial charge in [-0.2, -0.15) is 0 Å². The van der Waals surface area contributed by atoms with Gasteiger partial charge < -0.3 is 10.3 Å². The average Bonchev–Trinajstić information content (AvgIpc) is 2.56. The minimum absolute atomic E-state index is 0.0820. The van der Waals surface area contributed by atoms with E-state index in [1.165, 1.54) is 10.6 Å². The van der Waals surface area contributed by atoms with Gasteiger partial charge in [-0.25, -0.2) is 8.78 Å². The van der Waals surface area contributed by atoms with Crippen molar-refractivity contribution in [3.63, 3.8) is 0 Å². The van der Waals surface area contributed by atoms with Crippen LogP contribution in [-0.4, -0.2) is 4.57 Å². The van der Waals surface area contributed by atoms with E-state index in [0.29, 0.717) is 0 Å². The van der Waals surface area contributed by atoms with E-state index in [1.807, 2.05) is 0 Å². The van der Waals surface area contributed by atoms with Crippen molar-refractivity contribution in [3.8, 4) is 23.7 Å². The Kier molecular flexibility index (Phi) is 5.18. The van der Waals surface area contributed by atoms with Gasteiger partial charge in [0, 0.05) is 30.8 Å². The number of aromatic nitrogens is 1. The summed E-state index contributed by atoms with van der Waals surface area (Å²) in [5, 5.41) is 0. The first kappa shape index (κ1) is 17.5. The summed E-state index contributed by atoms with van der Waals surface area (Å²) < 4.78 is 29.3. The Balaban J connectivity index is 2.72. The fraction of sp³-hybridized carbons (Fsp3) is 0.211. The monoisotopic (exact) mass is 326 g/mol. The van der Waals surface area contributed by atoms with Crippen LogP contribution in [0.2, 0.25) is 0 Å². The molecule has 1 unspecified atom stereocenters. The molecule has 24 heavy (non-hydrogen) atoms. The Morgan fingerprint density at radius 1 is 1.21 bits per heavy atom. The van der Waals surface area contributed by atoms with Crippen molar-refractivity contribution >= 4 is 0 Å². The van der Waals surface area contributed by atoms with E-state index in [2.05, 4.69) is 23.7 Å². The lowest BCUT2D eigenvalue weighted by molar-refractivity contribution is 0.488. The molecule has 122 valence electrons. The maximum absolute atomic E-state index is 14.3. The molecule has 0 saturated carbocycles. The topological polar surface area (TPSA) is 48.0 Å². The Bertz CT molecular complexity index is 942. The molecule has 0 amide bonds. The zero-order valence-corrected chi connectivity index (χ0v) is 13.4. The van der Waals surface area contributed by atoms with Gasteiger partial charge in [-0.1, -0.05) is 11.8 Å². The highest BCUT2D eigenvalue weighted by atomic mass is 19.1. The molecule has 0 aliphatic heterocycles. The number of pyridine rings is 1. The normalized spacial score (nSPS) is 12.4. The lowest BCUT2D eigenvalue weighted by atomic mass is 9.81. The summed E-state index contributed by atoms with van der Waals surface area (Å²) in [4.78, 5) is 12.5. The third-order valence-corrected chi connectivity index (χ3v) is 3.66. The largest absolute Gasteiger partial charge is 0.318 e. The van der Waals surface area contributed by atoms with E-state index in [0.717, 1.165) is 18.2 Å². The number of nitrogens with two attached hydrogens (primary N) is 1. The predicted octanol–water partition coefficient (Wildman–Crippen LogP) is 2.28. The summed E-state index contributed by atoms with van der Waals surface area (Å²) in [7, 11) is 1.56. The number of halogens is 2. The van der Waals surface area contributed by atoms with Gasteiger partial charge in [0.1, 0.15) is 11.6 Å². The Labute approximate surface area is 139 Å². The average molecular weight is 326 g/mol. The van der Waals surface area contributed by atoms with Crippen LogP contribution in [-0.2, 0) is 12.6 Å². The van der Waals surface area contributed by atoms with Crippen LogP contribution in [0.15, 0.2) is 41.3 Å². The summed E-state index contributed by atoms with van der Waals surface area (Å²) in [6.07, 6.45) is 1.48. The van der Waals surface area contributed by atoms with Gasteiger partial charge in [-0.3, -0.25) is 4.79 Å². The van der Waals surface area contributed by atoms with Gasteiger partial charge in [0.15, 0.2) is 0 Å². The zero-order valence-electron chi connectivity index (χ0n) is 13.4. The zero-order chi connectivity index (χ0) is 17.7. The first-order valence-electron chi connectivity index (χ1n) is 7.20. The number of rotatable bonds is 3. The first-order valence-corrected chi connectivity index (χ1v) is 7.20. The second-order valence-corrected chi connectivity index (χ2v) is 5.29. The van der Waals surface area contributed by atoms with Crippen LogP contribution in [0.3, 0.4) is 0 Å². The highest BCUT2D eigenvalue weighted by molar-refractivity contribution is 5.40. The number of aryl methyl sites for hydroxylation is 1. The van der Waals surface area contributed by atoms with Gasteiger partial charge in [0.05, 0.1) is 5.54 Å². The lowest BCUT2D eigenvalue weighted by Crippen LogP contribution is -2.44. The van der Waals surface area contributed by atoms with Crippen LogP contribution < -0.4 is 11.3 Å². The maximum atomic E-state index is 14.3. The molecule has 0 spiro atoms. The van der Waals surface area contributed by atoms with Crippen LogP contribution in [0.25, 0.3) is 0 Å². The van der Waals surface area contributed by atoms with Gasteiger partial charge in [0.25, 0.3) is 5.56 Å². The van der Waals surface area contributed by atoms with Gasteiger partial charge >= 0.3 is 0 Å². The summed E-state index contributed by atoms with van der Waals surface area (Å²) in [6.45, 7) is 1.63. The maximum Gasteiger partial charge on any atom is 0.255 e. The molecule has 0 bridgehead atoms. The van der Waals surface area contributed by atoms with Crippen molar-refractivity contribution in [1.29, 1.82) is 0 Å². The Morgan fingerprint density at radius 3 is 2.67 bits per heavy atom. The van der Waals surface area contributed by atoms with E-state index >= 15 is 0 Å². The molecule has 2 aromatic rings. The molecule has 3 nitrogen and oxygen atoms in total. The summed E-state index contributed by atoms with van der Waals surface area (Å²) in [5.41, 5.74) is 4.42. The Morgan fingerprint density at radius 2 is 1.96 bits per heavy atom. The standard InChI is InChI=1S/C19H16F2N2O/c1-3-4-5-6-11-19(22,15-8-7-12-23(2)18(15)24)16-13-14(20)9-10-17(16)21/h7-10,12-13H,11,22H2,1-2H3. The SMILES string of the molecule is CC#CC#CCC(N)(c1cc(F)ccc1F)c1cccn(C)c1=O. The quantitative estimate of drug-likeness (QED) is 0.880. The van der Waals surface area contributed by atoms with Crippen molar-refractivity contribution < 1.29 is 8.78 Å². The third kappa shape index (κ3) is 3.37.